The number of aliphatic imine (C=N–C) groups is 1. The SMILES string of the molecule is C=C(C)CNC(=NCC(=O)N(C)C)NCCCn1ccc2ccccc21.I. The zero-order chi connectivity index (χ0) is 18.9. The number of rotatable bonds is 8. The molecule has 6 nitrogen and oxygen atoms in total. The summed E-state index contributed by atoms with van der Waals surface area (Å²) in [6.07, 6.45) is 3.07. The van der Waals surface area contributed by atoms with Crippen LogP contribution in [0.15, 0.2) is 53.7 Å². The van der Waals surface area contributed by atoms with E-state index in [-0.39, 0.29) is 36.4 Å². The molecule has 0 fully saturated rings. The van der Waals surface area contributed by atoms with Gasteiger partial charge in [0, 0.05) is 45.4 Å². The summed E-state index contributed by atoms with van der Waals surface area (Å²) in [5.74, 6) is 0.612. The summed E-state index contributed by atoms with van der Waals surface area (Å²) in [5, 5.41) is 7.75. The summed E-state index contributed by atoms with van der Waals surface area (Å²) in [7, 11) is 3.46. The number of aryl methyl sites for hydroxylation is 1. The minimum atomic E-state index is -0.0276. The zero-order valence-corrected chi connectivity index (χ0v) is 18.7. The normalized spacial score (nSPS) is 11.0. The number of guanidine groups is 1. The lowest BCUT2D eigenvalue weighted by molar-refractivity contribution is -0.127. The van der Waals surface area contributed by atoms with Gasteiger partial charge in [-0.25, -0.2) is 4.99 Å². The lowest BCUT2D eigenvalue weighted by Gasteiger charge is -2.14. The summed E-state index contributed by atoms with van der Waals surface area (Å²) >= 11 is 0. The first-order valence-corrected chi connectivity index (χ1v) is 8.88. The van der Waals surface area contributed by atoms with Crippen molar-refractivity contribution >= 4 is 46.7 Å². The van der Waals surface area contributed by atoms with Crippen LogP contribution in [0.1, 0.15) is 13.3 Å². The Morgan fingerprint density at radius 3 is 2.67 bits per heavy atom. The Morgan fingerprint density at radius 1 is 1.22 bits per heavy atom. The van der Waals surface area contributed by atoms with Gasteiger partial charge in [0.1, 0.15) is 6.54 Å². The van der Waals surface area contributed by atoms with Gasteiger partial charge in [-0.05, 0) is 30.9 Å². The molecule has 2 N–H and O–H groups in total. The fourth-order valence-electron chi connectivity index (χ4n) is 2.49. The van der Waals surface area contributed by atoms with Crippen molar-refractivity contribution in [3.63, 3.8) is 0 Å². The Morgan fingerprint density at radius 2 is 1.96 bits per heavy atom. The highest BCUT2D eigenvalue weighted by Crippen LogP contribution is 2.15. The highest BCUT2D eigenvalue weighted by atomic mass is 127. The van der Waals surface area contributed by atoms with Gasteiger partial charge in [0.15, 0.2) is 5.96 Å². The van der Waals surface area contributed by atoms with Gasteiger partial charge in [-0.15, -0.1) is 24.0 Å². The number of nitrogens with zero attached hydrogens (tertiary/aromatic N) is 3. The van der Waals surface area contributed by atoms with Crippen LogP contribution in [-0.2, 0) is 11.3 Å². The van der Waals surface area contributed by atoms with Crippen molar-refractivity contribution in [2.24, 2.45) is 4.99 Å². The van der Waals surface area contributed by atoms with Crippen LogP contribution in [0, 0.1) is 0 Å². The Labute approximate surface area is 178 Å². The third-order valence-electron chi connectivity index (χ3n) is 3.98. The lowest BCUT2D eigenvalue weighted by Crippen LogP contribution is -2.39. The van der Waals surface area contributed by atoms with E-state index in [2.05, 4.69) is 63.3 Å². The number of carbonyl (C=O) groups excluding carboxylic acids is 1. The van der Waals surface area contributed by atoms with Crippen LogP contribution in [0.4, 0.5) is 0 Å². The van der Waals surface area contributed by atoms with Crippen molar-refractivity contribution in [3.8, 4) is 0 Å². The number of benzene rings is 1. The fraction of sp³-hybridized carbons (Fsp3) is 0.400. The first-order chi connectivity index (χ1) is 12.5. The van der Waals surface area contributed by atoms with Crippen LogP contribution in [0.5, 0.6) is 0 Å². The smallest absolute Gasteiger partial charge is 0.243 e. The topological polar surface area (TPSA) is 61.7 Å². The summed E-state index contributed by atoms with van der Waals surface area (Å²) in [6.45, 7) is 8.28. The third kappa shape index (κ3) is 7.62. The first kappa shape index (κ1) is 23.0. The van der Waals surface area contributed by atoms with Gasteiger partial charge < -0.3 is 20.1 Å². The quantitative estimate of drug-likeness (QED) is 0.200. The van der Waals surface area contributed by atoms with Crippen molar-refractivity contribution in [1.29, 1.82) is 0 Å². The van der Waals surface area contributed by atoms with Crippen LogP contribution in [0.25, 0.3) is 10.9 Å². The predicted octanol–water partition coefficient (Wildman–Crippen LogP) is 2.85. The molecular formula is C20H30IN5O. The van der Waals surface area contributed by atoms with Crippen LogP contribution >= 0.6 is 24.0 Å². The molecule has 1 aromatic heterocycles. The van der Waals surface area contributed by atoms with Gasteiger partial charge in [0.2, 0.25) is 5.91 Å². The number of likely N-dealkylation sites (N-methyl/N-ethyl adjacent to an activating group) is 1. The van der Waals surface area contributed by atoms with Crippen molar-refractivity contribution < 1.29 is 4.79 Å². The van der Waals surface area contributed by atoms with E-state index in [4.69, 9.17) is 0 Å². The van der Waals surface area contributed by atoms with Crippen LogP contribution in [-0.4, -0.2) is 55.1 Å². The minimum Gasteiger partial charge on any atom is -0.356 e. The largest absolute Gasteiger partial charge is 0.356 e. The van der Waals surface area contributed by atoms with E-state index < -0.39 is 0 Å². The highest BCUT2D eigenvalue weighted by Gasteiger charge is 2.05. The number of nitrogens with one attached hydrogen (secondary N) is 2. The average Bonchev–Trinajstić information content (AvgIpc) is 3.03. The standard InChI is InChI=1S/C20H29N5O.HI/c1-16(2)14-22-20(23-15-19(26)24(3)4)21-11-7-12-25-13-10-17-8-5-6-9-18(17)25;/h5-6,8-10,13H,1,7,11-12,14-15H2,2-4H3,(H2,21,22,23);1H. The molecule has 27 heavy (non-hydrogen) atoms. The molecule has 0 atom stereocenters. The monoisotopic (exact) mass is 483 g/mol. The van der Waals surface area contributed by atoms with Crippen molar-refractivity contribution in [2.75, 3.05) is 33.7 Å². The molecule has 7 heteroatoms. The molecule has 0 saturated heterocycles. The minimum absolute atomic E-state index is 0. The third-order valence-corrected chi connectivity index (χ3v) is 3.98. The van der Waals surface area contributed by atoms with E-state index in [9.17, 15) is 4.79 Å². The van der Waals surface area contributed by atoms with Gasteiger partial charge in [-0.2, -0.15) is 0 Å². The number of aromatic nitrogens is 1. The number of hydrogen-bond acceptors (Lipinski definition) is 2. The van der Waals surface area contributed by atoms with Gasteiger partial charge in [0.25, 0.3) is 0 Å². The van der Waals surface area contributed by atoms with E-state index in [1.807, 2.05) is 6.92 Å². The second kappa shape index (κ2) is 11.6. The fourth-order valence-corrected chi connectivity index (χ4v) is 2.49. The maximum Gasteiger partial charge on any atom is 0.243 e. The van der Waals surface area contributed by atoms with Gasteiger partial charge in [-0.1, -0.05) is 30.4 Å². The highest BCUT2D eigenvalue weighted by molar-refractivity contribution is 14.0. The number of para-hydroxylation sites is 1. The molecule has 2 aromatic rings. The Bertz CT molecular complexity index is 782. The molecule has 1 heterocycles. The Hall–Kier alpha value is -2.03. The average molecular weight is 483 g/mol. The van der Waals surface area contributed by atoms with Crippen LogP contribution in [0.3, 0.4) is 0 Å². The van der Waals surface area contributed by atoms with E-state index in [0.29, 0.717) is 12.5 Å². The van der Waals surface area contributed by atoms with Crippen molar-refractivity contribution in [1.82, 2.24) is 20.1 Å². The van der Waals surface area contributed by atoms with Gasteiger partial charge in [0.05, 0.1) is 0 Å². The maximum atomic E-state index is 11.7. The molecule has 0 aliphatic heterocycles. The zero-order valence-electron chi connectivity index (χ0n) is 16.4. The second-order valence-corrected chi connectivity index (χ2v) is 6.61. The molecule has 1 amide bonds. The number of fused-ring (bicyclic) bond motifs is 1. The van der Waals surface area contributed by atoms with Crippen LogP contribution in [0.2, 0.25) is 0 Å². The Kier molecular flexibility index (Phi) is 9.92. The molecule has 0 unspecified atom stereocenters. The molecule has 0 aliphatic carbocycles. The van der Waals surface area contributed by atoms with E-state index in [0.717, 1.165) is 25.1 Å². The summed E-state index contributed by atoms with van der Waals surface area (Å²) in [6, 6.07) is 10.5. The molecule has 0 spiro atoms. The van der Waals surface area contributed by atoms with Crippen LogP contribution < -0.4 is 10.6 Å². The molecule has 2 rings (SSSR count). The van der Waals surface area contributed by atoms with E-state index in [1.54, 1.807) is 14.1 Å². The van der Waals surface area contributed by atoms with E-state index in [1.165, 1.54) is 15.8 Å². The lowest BCUT2D eigenvalue weighted by atomic mass is 10.2. The summed E-state index contributed by atoms with van der Waals surface area (Å²) < 4.78 is 2.25. The van der Waals surface area contributed by atoms with Crippen molar-refractivity contribution in [3.05, 3.63) is 48.7 Å². The molecule has 0 saturated carbocycles. The predicted molar refractivity (Wildman–Crippen MR) is 124 cm³/mol. The maximum absolute atomic E-state index is 11.7. The molecule has 0 aliphatic rings. The van der Waals surface area contributed by atoms with E-state index >= 15 is 0 Å². The second-order valence-electron chi connectivity index (χ2n) is 6.61. The number of halogens is 1. The molecule has 1 aromatic carbocycles. The molecule has 0 radical (unpaired) electrons. The molecule has 148 valence electrons. The Balaban J connectivity index is 0.00000364. The number of carbonyl (C=O) groups is 1. The summed E-state index contributed by atoms with van der Waals surface area (Å²) in [4.78, 5) is 17.6. The molecule has 0 bridgehead atoms. The number of hydrogen-bond donors (Lipinski definition) is 2. The van der Waals surface area contributed by atoms with Gasteiger partial charge >= 0.3 is 0 Å². The van der Waals surface area contributed by atoms with Crippen molar-refractivity contribution in [2.45, 2.75) is 19.9 Å². The molecular weight excluding hydrogens is 453 g/mol. The summed E-state index contributed by atoms with van der Waals surface area (Å²) in [5.41, 5.74) is 2.26. The number of amides is 1. The van der Waals surface area contributed by atoms with Gasteiger partial charge in [-0.3, -0.25) is 4.79 Å². The first-order valence-electron chi connectivity index (χ1n) is 8.88.